The van der Waals surface area contributed by atoms with Gasteiger partial charge in [-0.15, -0.1) is 12.4 Å². The molecule has 2 rings (SSSR count). The first kappa shape index (κ1) is 21.5. The third-order valence-electron chi connectivity index (χ3n) is 4.39. The smallest absolute Gasteiger partial charge is 0.341 e. The van der Waals surface area contributed by atoms with Crippen molar-refractivity contribution in [3.63, 3.8) is 0 Å². The molecule has 1 aliphatic heterocycles. The number of likely N-dealkylation sites (tertiary alicyclic amines) is 1. The zero-order chi connectivity index (χ0) is 17.5. The van der Waals surface area contributed by atoms with E-state index in [-0.39, 0.29) is 30.3 Å². The first-order valence-corrected chi connectivity index (χ1v) is 8.43. The van der Waals surface area contributed by atoms with E-state index in [9.17, 15) is 9.59 Å². The molecule has 25 heavy (non-hydrogen) atoms. The predicted octanol–water partition coefficient (Wildman–Crippen LogP) is 1.62. The van der Waals surface area contributed by atoms with Crippen molar-refractivity contribution in [2.45, 2.75) is 45.2 Å². The van der Waals surface area contributed by atoms with E-state index >= 15 is 0 Å². The molecule has 0 spiro atoms. The molecule has 0 aliphatic carbocycles. The van der Waals surface area contributed by atoms with Crippen LogP contribution in [0.4, 0.5) is 0 Å². The van der Waals surface area contributed by atoms with Crippen molar-refractivity contribution >= 4 is 24.3 Å². The minimum Gasteiger partial charge on any atom is -0.465 e. The van der Waals surface area contributed by atoms with Gasteiger partial charge < -0.3 is 20.2 Å². The van der Waals surface area contributed by atoms with Gasteiger partial charge in [0.15, 0.2) is 0 Å². The summed E-state index contributed by atoms with van der Waals surface area (Å²) in [6.07, 6.45) is 3.66. The summed E-state index contributed by atoms with van der Waals surface area (Å²) in [7, 11) is 1.36. The molecule has 1 atom stereocenters. The van der Waals surface area contributed by atoms with Crippen molar-refractivity contribution in [2.75, 3.05) is 26.7 Å². The minimum absolute atomic E-state index is 0. The number of nitrogens with zero attached hydrogens (tertiary/aromatic N) is 1. The highest BCUT2D eigenvalue weighted by Crippen LogP contribution is 2.22. The summed E-state index contributed by atoms with van der Waals surface area (Å²) in [5.41, 5.74) is 5.87. The molecular formula is C17H28ClN3O4. The topological polar surface area (TPSA) is 97.8 Å². The number of amides is 1. The van der Waals surface area contributed by atoms with Crippen LogP contribution in [0.15, 0.2) is 10.5 Å². The third kappa shape index (κ3) is 6.02. The van der Waals surface area contributed by atoms with Crippen molar-refractivity contribution in [3.8, 4) is 0 Å². The Labute approximate surface area is 154 Å². The fourth-order valence-corrected chi connectivity index (χ4v) is 3.08. The molecule has 1 unspecified atom stereocenters. The Bertz CT molecular complexity index is 576. The fraction of sp³-hybridized carbons (Fsp3) is 0.647. The highest BCUT2D eigenvalue weighted by Gasteiger charge is 2.25. The zero-order valence-electron chi connectivity index (χ0n) is 14.9. The van der Waals surface area contributed by atoms with E-state index < -0.39 is 0 Å². The maximum Gasteiger partial charge on any atom is 0.341 e. The second-order valence-corrected chi connectivity index (χ2v) is 6.14. The van der Waals surface area contributed by atoms with Crippen molar-refractivity contribution in [3.05, 3.63) is 23.2 Å². The molecule has 8 heteroatoms. The van der Waals surface area contributed by atoms with Gasteiger partial charge in [-0.1, -0.05) is 6.42 Å². The number of carbonyl (C=O) groups excluding carboxylic acids is 2. The summed E-state index contributed by atoms with van der Waals surface area (Å²) in [6, 6.07) is 2.02. The second kappa shape index (κ2) is 10.4. The van der Waals surface area contributed by atoms with Crippen LogP contribution in [-0.4, -0.2) is 49.6 Å². The van der Waals surface area contributed by atoms with Gasteiger partial charge in [-0.25, -0.2) is 4.79 Å². The normalized spacial score (nSPS) is 17.6. The molecule has 0 saturated carbocycles. The maximum atomic E-state index is 11.7. The number of furan rings is 1. The van der Waals surface area contributed by atoms with Gasteiger partial charge in [-0.2, -0.15) is 0 Å². The highest BCUT2D eigenvalue weighted by atomic mass is 35.5. The van der Waals surface area contributed by atoms with Gasteiger partial charge in [0.05, 0.1) is 13.7 Å². The van der Waals surface area contributed by atoms with Crippen molar-refractivity contribution in [2.24, 2.45) is 5.73 Å². The molecule has 7 nitrogen and oxygen atoms in total. The molecule has 1 aromatic heterocycles. The Morgan fingerprint density at radius 3 is 2.88 bits per heavy atom. The van der Waals surface area contributed by atoms with Gasteiger partial charge in [-0.3, -0.25) is 9.69 Å². The van der Waals surface area contributed by atoms with E-state index in [0.717, 1.165) is 31.6 Å². The first-order valence-electron chi connectivity index (χ1n) is 8.43. The molecule has 0 aromatic carbocycles. The lowest BCUT2D eigenvalue weighted by Crippen LogP contribution is -2.46. The summed E-state index contributed by atoms with van der Waals surface area (Å²) in [5.74, 6) is 0.923. The Morgan fingerprint density at radius 2 is 2.20 bits per heavy atom. The Hall–Kier alpha value is -1.57. The van der Waals surface area contributed by atoms with Gasteiger partial charge in [0.1, 0.15) is 17.1 Å². The molecule has 2 heterocycles. The van der Waals surface area contributed by atoms with E-state index in [2.05, 4.69) is 10.2 Å². The summed E-state index contributed by atoms with van der Waals surface area (Å²) in [5, 5.41) is 2.95. The molecule has 1 aliphatic rings. The molecule has 1 saturated heterocycles. The van der Waals surface area contributed by atoms with Crippen LogP contribution < -0.4 is 11.1 Å². The van der Waals surface area contributed by atoms with Gasteiger partial charge in [0.2, 0.25) is 5.91 Å². The van der Waals surface area contributed by atoms with Crippen LogP contribution in [0, 0.1) is 6.92 Å². The van der Waals surface area contributed by atoms with Crippen molar-refractivity contribution in [1.29, 1.82) is 0 Å². The van der Waals surface area contributed by atoms with E-state index in [4.69, 9.17) is 14.9 Å². The summed E-state index contributed by atoms with van der Waals surface area (Å²) < 4.78 is 10.5. The number of carbonyl (C=O) groups is 2. The quantitative estimate of drug-likeness (QED) is 0.705. The number of halogens is 1. The average molecular weight is 374 g/mol. The van der Waals surface area contributed by atoms with E-state index in [1.165, 1.54) is 7.11 Å². The maximum absolute atomic E-state index is 11.7. The van der Waals surface area contributed by atoms with Gasteiger partial charge in [0, 0.05) is 25.6 Å². The summed E-state index contributed by atoms with van der Waals surface area (Å²) in [4.78, 5) is 25.6. The van der Waals surface area contributed by atoms with Crippen LogP contribution in [0.3, 0.4) is 0 Å². The largest absolute Gasteiger partial charge is 0.465 e. The molecule has 1 fully saturated rings. The van der Waals surface area contributed by atoms with E-state index in [1.54, 1.807) is 13.0 Å². The van der Waals surface area contributed by atoms with Crippen molar-refractivity contribution in [1.82, 2.24) is 10.2 Å². The Kier molecular flexibility index (Phi) is 8.96. The lowest BCUT2D eigenvalue weighted by molar-refractivity contribution is -0.121. The minimum atomic E-state index is -0.383. The number of esters is 1. The van der Waals surface area contributed by atoms with Crippen LogP contribution >= 0.6 is 12.4 Å². The lowest BCUT2D eigenvalue weighted by Gasteiger charge is -2.35. The third-order valence-corrected chi connectivity index (χ3v) is 4.39. The Balaban J connectivity index is 0.00000312. The molecule has 3 N–H and O–H groups in total. The number of piperidine rings is 1. The average Bonchev–Trinajstić information content (AvgIpc) is 2.94. The second-order valence-electron chi connectivity index (χ2n) is 6.14. The number of methoxy groups -OCH3 is 1. The van der Waals surface area contributed by atoms with Crippen LogP contribution in [0.2, 0.25) is 0 Å². The van der Waals surface area contributed by atoms with Gasteiger partial charge in [0.25, 0.3) is 0 Å². The Morgan fingerprint density at radius 1 is 1.44 bits per heavy atom. The van der Waals surface area contributed by atoms with Gasteiger partial charge in [-0.05, 0) is 32.4 Å². The number of hydrogen-bond acceptors (Lipinski definition) is 6. The standard InChI is InChI=1S/C17H27N3O4.ClH/c1-12-15(17(22)23-2)9-14(24-12)11-20-8-4-3-5-13(20)10-19-16(21)6-7-18;/h9,13H,3-8,10-11,18H2,1-2H3,(H,19,21);1H. The number of hydrogen-bond donors (Lipinski definition) is 2. The number of nitrogens with one attached hydrogen (secondary N) is 1. The van der Waals surface area contributed by atoms with Crippen LogP contribution in [0.5, 0.6) is 0 Å². The zero-order valence-corrected chi connectivity index (χ0v) is 15.7. The number of rotatable bonds is 7. The number of nitrogens with two attached hydrogens (primary N) is 1. The van der Waals surface area contributed by atoms with Crippen LogP contribution in [0.1, 0.15) is 47.6 Å². The molecule has 142 valence electrons. The number of ether oxygens (including phenoxy) is 1. The molecule has 0 radical (unpaired) electrons. The molecule has 1 amide bonds. The highest BCUT2D eigenvalue weighted by molar-refractivity contribution is 5.90. The molecule has 0 bridgehead atoms. The van der Waals surface area contributed by atoms with Gasteiger partial charge >= 0.3 is 5.97 Å². The molecular weight excluding hydrogens is 346 g/mol. The predicted molar refractivity (Wildman–Crippen MR) is 96.8 cm³/mol. The summed E-state index contributed by atoms with van der Waals surface area (Å²) >= 11 is 0. The lowest BCUT2D eigenvalue weighted by atomic mass is 10.0. The monoisotopic (exact) mass is 373 g/mol. The van der Waals surface area contributed by atoms with Crippen LogP contribution in [-0.2, 0) is 16.1 Å². The van der Waals surface area contributed by atoms with E-state index in [1.807, 2.05) is 0 Å². The fourth-order valence-electron chi connectivity index (χ4n) is 3.08. The first-order chi connectivity index (χ1) is 11.5. The molecule has 1 aromatic rings. The number of aryl methyl sites for hydroxylation is 1. The van der Waals surface area contributed by atoms with Crippen molar-refractivity contribution < 1.29 is 18.7 Å². The van der Waals surface area contributed by atoms with Crippen LogP contribution in [0.25, 0.3) is 0 Å². The SMILES string of the molecule is COC(=O)c1cc(CN2CCCCC2CNC(=O)CCN)oc1C.Cl. The van der Waals surface area contributed by atoms with E-state index in [0.29, 0.717) is 37.4 Å². The summed E-state index contributed by atoms with van der Waals surface area (Å²) in [6.45, 7) is 4.31.